The minimum Gasteiger partial charge on any atom is -0.619 e. The lowest BCUT2D eigenvalue weighted by Gasteiger charge is -1.99. The third kappa shape index (κ3) is 3.85. The second kappa shape index (κ2) is 6.33. The van der Waals surface area contributed by atoms with Gasteiger partial charge in [-0.25, -0.2) is 0 Å². The molecule has 1 rings (SSSR count). The van der Waals surface area contributed by atoms with E-state index in [1.165, 1.54) is 12.2 Å². The Morgan fingerprint density at radius 2 is 2.33 bits per heavy atom. The van der Waals surface area contributed by atoms with Gasteiger partial charge in [0.1, 0.15) is 5.56 Å². The number of ether oxygens (including phenoxy) is 1. The lowest BCUT2D eigenvalue weighted by Crippen LogP contribution is -2.24. The van der Waals surface area contributed by atoms with Crippen molar-refractivity contribution in [1.82, 2.24) is 0 Å². The molecule has 0 aliphatic carbocycles. The van der Waals surface area contributed by atoms with Crippen molar-refractivity contribution in [2.24, 2.45) is 0 Å². The highest BCUT2D eigenvalue weighted by molar-refractivity contribution is 5.73. The highest BCUT2D eigenvalue weighted by Gasteiger charge is 2.14. The molecule has 0 fully saturated rings. The van der Waals surface area contributed by atoms with Crippen LogP contribution in [-0.2, 0) is 9.53 Å². The van der Waals surface area contributed by atoms with Gasteiger partial charge in [0.05, 0.1) is 24.0 Å². The maximum absolute atomic E-state index is 11.0. The standard InChI is InChI=1S/C11H12N2O5/c1-2-18-11(14)5-3-4-9-8-12(15)7-6-10(9)13(16)17/h3-4,6-8H,2,5H2,1H3. The van der Waals surface area contributed by atoms with Gasteiger partial charge in [-0.1, -0.05) is 6.08 Å². The van der Waals surface area contributed by atoms with Crippen LogP contribution in [0.25, 0.3) is 6.08 Å². The fourth-order valence-corrected chi connectivity index (χ4v) is 1.28. The Hall–Kier alpha value is -2.44. The highest BCUT2D eigenvalue weighted by atomic mass is 16.6. The van der Waals surface area contributed by atoms with Crippen molar-refractivity contribution in [2.75, 3.05) is 6.61 Å². The van der Waals surface area contributed by atoms with Gasteiger partial charge in [0, 0.05) is 0 Å². The van der Waals surface area contributed by atoms with Gasteiger partial charge < -0.3 is 9.94 Å². The molecule has 0 atom stereocenters. The van der Waals surface area contributed by atoms with Crippen molar-refractivity contribution < 1.29 is 19.2 Å². The van der Waals surface area contributed by atoms with Gasteiger partial charge in [-0.2, -0.15) is 4.73 Å². The number of nitro groups is 1. The zero-order chi connectivity index (χ0) is 13.5. The molecule has 7 nitrogen and oxygen atoms in total. The zero-order valence-corrected chi connectivity index (χ0v) is 9.74. The van der Waals surface area contributed by atoms with Gasteiger partial charge in [-0.15, -0.1) is 0 Å². The first-order valence-corrected chi connectivity index (χ1v) is 5.24. The number of hydrogen-bond donors (Lipinski definition) is 0. The molecule has 96 valence electrons. The summed E-state index contributed by atoms with van der Waals surface area (Å²) in [6.07, 6.45) is 4.88. The lowest BCUT2D eigenvalue weighted by molar-refractivity contribution is -0.606. The first-order chi connectivity index (χ1) is 8.54. The summed E-state index contributed by atoms with van der Waals surface area (Å²) < 4.78 is 5.15. The summed E-state index contributed by atoms with van der Waals surface area (Å²) in [6.45, 7) is 1.96. The molecule has 1 aromatic heterocycles. The number of esters is 1. The third-order valence-corrected chi connectivity index (χ3v) is 2.03. The average Bonchev–Trinajstić information content (AvgIpc) is 2.29. The molecule has 7 heteroatoms. The van der Waals surface area contributed by atoms with Gasteiger partial charge in [0.2, 0.25) is 0 Å². The molecular formula is C11H12N2O5. The molecule has 0 saturated heterocycles. The van der Waals surface area contributed by atoms with Gasteiger partial charge >= 0.3 is 5.97 Å². The van der Waals surface area contributed by atoms with E-state index in [1.54, 1.807) is 6.92 Å². The van der Waals surface area contributed by atoms with Gasteiger partial charge in [0.25, 0.3) is 5.69 Å². The summed E-state index contributed by atoms with van der Waals surface area (Å²) in [5, 5.41) is 21.7. The Labute approximate surface area is 103 Å². The summed E-state index contributed by atoms with van der Waals surface area (Å²) in [6, 6.07) is 1.11. The third-order valence-electron chi connectivity index (χ3n) is 2.03. The van der Waals surface area contributed by atoms with Crippen LogP contribution < -0.4 is 4.73 Å². The van der Waals surface area contributed by atoms with Crippen LogP contribution in [0.3, 0.4) is 0 Å². The topological polar surface area (TPSA) is 96.4 Å². The van der Waals surface area contributed by atoms with Gasteiger partial charge in [-0.3, -0.25) is 14.9 Å². The molecular weight excluding hydrogens is 240 g/mol. The van der Waals surface area contributed by atoms with Crippen molar-refractivity contribution in [3.05, 3.63) is 45.4 Å². The molecule has 0 radical (unpaired) electrons. The molecule has 0 aliphatic rings. The predicted molar refractivity (Wildman–Crippen MR) is 62.3 cm³/mol. The molecule has 1 heterocycles. The minimum absolute atomic E-state index is 0.00124. The predicted octanol–water partition coefficient (Wildman–Crippen LogP) is 1.19. The molecule has 18 heavy (non-hydrogen) atoms. The van der Waals surface area contributed by atoms with Crippen LogP contribution in [-0.4, -0.2) is 17.5 Å². The van der Waals surface area contributed by atoms with E-state index in [-0.39, 0.29) is 24.3 Å². The van der Waals surface area contributed by atoms with Crippen LogP contribution >= 0.6 is 0 Å². The van der Waals surface area contributed by atoms with Gasteiger partial charge in [0.15, 0.2) is 12.4 Å². The van der Waals surface area contributed by atoms with E-state index in [1.807, 2.05) is 0 Å². The van der Waals surface area contributed by atoms with Crippen molar-refractivity contribution >= 4 is 17.7 Å². The number of carbonyl (C=O) groups is 1. The average molecular weight is 252 g/mol. The van der Waals surface area contributed by atoms with E-state index in [2.05, 4.69) is 0 Å². The van der Waals surface area contributed by atoms with Crippen LogP contribution in [0.15, 0.2) is 24.5 Å². The maximum atomic E-state index is 11.0. The maximum Gasteiger partial charge on any atom is 0.309 e. The van der Waals surface area contributed by atoms with E-state index in [0.29, 0.717) is 4.73 Å². The summed E-state index contributed by atoms with van der Waals surface area (Å²) in [5.41, 5.74) is -0.0518. The second-order valence-electron chi connectivity index (χ2n) is 3.31. The molecule has 0 bridgehead atoms. The van der Waals surface area contributed by atoms with Crippen LogP contribution in [0.5, 0.6) is 0 Å². The molecule has 0 aliphatic heterocycles. The molecule has 0 N–H and O–H groups in total. The van der Waals surface area contributed by atoms with E-state index < -0.39 is 10.9 Å². The van der Waals surface area contributed by atoms with Gasteiger partial charge in [-0.05, 0) is 13.0 Å². The van der Waals surface area contributed by atoms with Crippen molar-refractivity contribution in [1.29, 1.82) is 0 Å². The highest BCUT2D eigenvalue weighted by Crippen LogP contribution is 2.17. The van der Waals surface area contributed by atoms with Crippen LogP contribution in [0.1, 0.15) is 18.9 Å². The molecule has 0 amide bonds. The number of rotatable bonds is 5. The minimum atomic E-state index is -0.593. The quantitative estimate of drug-likeness (QED) is 0.258. The SMILES string of the molecule is CCOC(=O)CC=Cc1c[n+]([O-])ccc1[N+](=O)[O-]. The van der Waals surface area contributed by atoms with Crippen LogP contribution in [0.4, 0.5) is 5.69 Å². The lowest BCUT2D eigenvalue weighted by atomic mass is 10.2. The number of hydrogen-bond acceptors (Lipinski definition) is 5. The first-order valence-electron chi connectivity index (χ1n) is 5.24. The normalized spacial score (nSPS) is 10.5. The monoisotopic (exact) mass is 252 g/mol. The van der Waals surface area contributed by atoms with Crippen LogP contribution in [0, 0.1) is 15.3 Å². The fraction of sp³-hybridized carbons (Fsp3) is 0.273. The van der Waals surface area contributed by atoms with E-state index in [9.17, 15) is 20.1 Å². The summed E-state index contributed by atoms with van der Waals surface area (Å²) in [4.78, 5) is 21.2. The number of nitrogens with zero attached hydrogens (tertiary/aromatic N) is 2. The Balaban J connectivity index is 2.82. The smallest absolute Gasteiger partial charge is 0.309 e. The number of pyridine rings is 1. The van der Waals surface area contributed by atoms with Crippen molar-refractivity contribution in [3.8, 4) is 0 Å². The summed E-state index contributed by atoms with van der Waals surface area (Å²) in [5.74, 6) is -0.428. The van der Waals surface area contributed by atoms with E-state index >= 15 is 0 Å². The molecule has 0 spiro atoms. The van der Waals surface area contributed by atoms with Crippen LogP contribution in [0.2, 0.25) is 0 Å². The molecule has 0 aromatic carbocycles. The number of carbonyl (C=O) groups excluding carboxylic acids is 1. The Bertz CT molecular complexity index is 484. The Morgan fingerprint density at radius 1 is 1.61 bits per heavy atom. The second-order valence-corrected chi connectivity index (χ2v) is 3.31. The van der Waals surface area contributed by atoms with E-state index in [0.717, 1.165) is 18.5 Å². The van der Waals surface area contributed by atoms with E-state index in [4.69, 9.17) is 4.74 Å². The Kier molecular flexibility index (Phi) is 4.79. The Morgan fingerprint density at radius 3 is 2.94 bits per heavy atom. The molecule has 0 unspecified atom stereocenters. The summed E-state index contributed by atoms with van der Waals surface area (Å²) >= 11 is 0. The molecule has 1 aromatic rings. The van der Waals surface area contributed by atoms with Crippen molar-refractivity contribution in [2.45, 2.75) is 13.3 Å². The van der Waals surface area contributed by atoms with Crippen molar-refractivity contribution in [3.63, 3.8) is 0 Å². The first kappa shape index (κ1) is 13.6. The summed E-state index contributed by atoms with van der Waals surface area (Å²) in [7, 11) is 0. The fourth-order valence-electron chi connectivity index (χ4n) is 1.28. The largest absolute Gasteiger partial charge is 0.619 e. The molecule has 0 saturated carbocycles. The zero-order valence-electron chi connectivity index (χ0n) is 9.74. The number of aromatic nitrogens is 1.